The summed E-state index contributed by atoms with van der Waals surface area (Å²) in [5, 5.41) is 10.1. The van der Waals surface area contributed by atoms with Gasteiger partial charge in [-0.1, -0.05) is 54.6 Å². The summed E-state index contributed by atoms with van der Waals surface area (Å²) >= 11 is 0. The highest BCUT2D eigenvalue weighted by atomic mass is 19.3. The van der Waals surface area contributed by atoms with Crippen LogP contribution in [0.5, 0.6) is 0 Å². The smallest absolute Gasteiger partial charge is 0.397 e. The largest absolute Gasteiger partial charge is 0.542 e. The molecule has 0 aromatic heterocycles. The maximum absolute atomic E-state index is 12.7. The zero-order chi connectivity index (χ0) is 16.2. The molecule has 0 spiro atoms. The molecule has 0 amide bonds. The highest BCUT2D eigenvalue weighted by Gasteiger charge is 2.32. The number of benzene rings is 2. The van der Waals surface area contributed by atoms with Crippen molar-refractivity contribution in [3.05, 3.63) is 71.3 Å². The van der Waals surface area contributed by atoms with E-state index in [9.17, 15) is 23.5 Å². The van der Waals surface area contributed by atoms with Crippen LogP contribution in [0.2, 0.25) is 0 Å². The van der Waals surface area contributed by atoms with Gasteiger partial charge in [0, 0.05) is 11.1 Å². The molecule has 2 rings (SSSR count). The van der Waals surface area contributed by atoms with Crippen LogP contribution >= 0.6 is 0 Å². The highest BCUT2D eigenvalue weighted by Crippen LogP contribution is 2.18. The van der Waals surface area contributed by atoms with Gasteiger partial charge in [-0.3, -0.25) is 4.79 Å². The molecule has 0 heterocycles. The zero-order valence-electron chi connectivity index (χ0n) is 11.3. The number of ether oxygens (including phenoxy) is 1. The first kappa shape index (κ1) is 15.8. The van der Waals surface area contributed by atoms with E-state index in [1.54, 1.807) is 30.3 Å². The first-order valence-electron chi connectivity index (χ1n) is 6.32. The van der Waals surface area contributed by atoms with Gasteiger partial charge in [0.05, 0.1) is 6.61 Å². The van der Waals surface area contributed by atoms with Crippen LogP contribution in [0.1, 0.15) is 21.5 Å². The average molecular weight is 305 g/mol. The van der Waals surface area contributed by atoms with Gasteiger partial charge in [-0.05, 0) is 5.56 Å². The summed E-state index contributed by atoms with van der Waals surface area (Å²) in [4.78, 5) is 22.2. The average Bonchev–Trinajstić information content (AvgIpc) is 2.53. The Hall–Kier alpha value is -2.60. The first-order valence-corrected chi connectivity index (χ1v) is 6.32. The van der Waals surface area contributed by atoms with Crippen LogP contribution in [0.4, 0.5) is 8.78 Å². The minimum atomic E-state index is -4.35. The molecule has 0 saturated heterocycles. The lowest BCUT2D eigenvalue weighted by Gasteiger charge is -2.17. The second-order valence-electron chi connectivity index (χ2n) is 4.48. The second-order valence-corrected chi connectivity index (χ2v) is 4.48. The number of halogens is 2. The molecule has 0 unspecified atom stereocenters. The van der Waals surface area contributed by atoms with E-state index in [1.807, 2.05) is 0 Å². The fourth-order valence-corrected chi connectivity index (χ4v) is 1.74. The van der Waals surface area contributed by atoms with E-state index in [0.29, 0.717) is 16.7 Å². The first-order chi connectivity index (χ1) is 10.4. The number of carboxylic acids is 1. The Morgan fingerprint density at radius 1 is 0.955 bits per heavy atom. The van der Waals surface area contributed by atoms with Gasteiger partial charge in [0.15, 0.2) is 5.78 Å². The van der Waals surface area contributed by atoms with E-state index < -0.39 is 18.7 Å². The number of hydrogen-bond donors (Lipinski definition) is 0. The number of aliphatic carboxylic acids is 1. The molecule has 6 heteroatoms. The predicted molar refractivity (Wildman–Crippen MR) is 71.1 cm³/mol. The topological polar surface area (TPSA) is 66.4 Å². The Labute approximate surface area is 125 Å². The number of hydrogen-bond acceptors (Lipinski definition) is 4. The number of alkyl halides is 2. The molecule has 2 aromatic rings. The van der Waals surface area contributed by atoms with E-state index in [1.165, 1.54) is 24.3 Å². The maximum atomic E-state index is 12.7. The summed E-state index contributed by atoms with van der Waals surface area (Å²) in [6.07, 6.45) is -4.35. The molecule has 0 saturated carbocycles. The molecular weight excluding hydrogens is 294 g/mol. The molecular formula is C16H11F2O4-. The number of carboxylic acid groups (broad SMARTS) is 1. The minimum Gasteiger partial charge on any atom is -0.542 e. The van der Waals surface area contributed by atoms with Crippen LogP contribution in [0, 0.1) is 0 Å². The summed E-state index contributed by atoms with van der Waals surface area (Å²) in [5.41, 5.74) is 1.21. The second kappa shape index (κ2) is 6.44. The molecule has 0 aliphatic heterocycles. The van der Waals surface area contributed by atoms with Crippen LogP contribution < -0.4 is 5.11 Å². The van der Waals surface area contributed by atoms with Gasteiger partial charge in [0.25, 0.3) is 0 Å². The van der Waals surface area contributed by atoms with Gasteiger partial charge in [-0.15, -0.1) is 0 Å². The Balaban J connectivity index is 2.05. The van der Waals surface area contributed by atoms with Crippen molar-refractivity contribution in [2.75, 3.05) is 0 Å². The molecule has 2 aromatic carbocycles. The monoisotopic (exact) mass is 305 g/mol. The van der Waals surface area contributed by atoms with Gasteiger partial charge in [-0.25, -0.2) is 0 Å². The van der Waals surface area contributed by atoms with E-state index >= 15 is 0 Å². The minimum absolute atomic E-state index is 0.201. The lowest BCUT2D eigenvalue weighted by molar-refractivity contribution is -0.364. The van der Waals surface area contributed by atoms with Crippen molar-refractivity contribution in [1.82, 2.24) is 0 Å². The Morgan fingerprint density at radius 2 is 1.50 bits per heavy atom. The van der Waals surface area contributed by atoms with Crippen molar-refractivity contribution in [2.45, 2.75) is 12.7 Å². The standard InChI is InChI=1S/C16H12F2O4/c17-16(18,15(20)21)22-10-11-6-8-13(9-7-11)14(19)12-4-2-1-3-5-12/h1-9H,10H2,(H,20,21)/p-1. The van der Waals surface area contributed by atoms with E-state index in [4.69, 9.17) is 0 Å². The van der Waals surface area contributed by atoms with Crippen molar-refractivity contribution in [3.8, 4) is 0 Å². The normalized spacial score (nSPS) is 11.2. The van der Waals surface area contributed by atoms with Gasteiger partial charge in [-0.2, -0.15) is 8.78 Å². The predicted octanol–water partition coefficient (Wildman–Crippen LogP) is 1.78. The molecule has 0 bridgehead atoms. The third kappa shape index (κ3) is 3.73. The van der Waals surface area contributed by atoms with Gasteiger partial charge >= 0.3 is 6.11 Å². The molecule has 0 aliphatic carbocycles. The van der Waals surface area contributed by atoms with Crippen LogP contribution in [-0.4, -0.2) is 17.9 Å². The van der Waals surface area contributed by atoms with Crippen molar-refractivity contribution < 1.29 is 28.2 Å². The molecule has 0 fully saturated rings. The fraction of sp³-hybridized carbons (Fsp3) is 0.125. The molecule has 0 N–H and O–H groups in total. The molecule has 114 valence electrons. The molecule has 22 heavy (non-hydrogen) atoms. The quantitative estimate of drug-likeness (QED) is 0.763. The molecule has 4 nitrogen and oxygen atoms in total. The van der Waals surface area contributed by atoms with Crippen LogP contribution in [0.25, 0.3) is 0 Å². The number of rotatable bonds is 6. The number of ketones is 1. The Bertz CT molecular complexity index is 666. The Kier molecular flexibility index (Phi) is 4.62. The third-order valence-electron chi connectivity index (χ3n) is 2.91. The maximum Gasteiger partial charge on any atom is 0.397 e. The highest BCUT2D eigenvalue weighted by molar-refractivity contribution is 6.08. The summed E-state index contributed by atoms with van der Waals surface area (Å²) < 4.78 is 29.4. The number of carbonyl (C=O) groups excluding carboxylic acids is 2. The van der Waals surface area contributed by atoms with Crippen LogP contribution in [-0.2, 0) is 16.1 Å². The third-order valence-corrected chi connectivity index (χ3v) is 2.91. The molecule has 0 radical (unpaired) electrons. The number of carbonyl (C=O) groups is 2. The van der Waals surface area contributed by atoms with Crippen molar-refractivity contribution in [1.29, 1.82) is 0 Å². The van der Waals surface area contributed by atoms with Crippen molar-refractivity contribution in [2.24, 2.45) is 0 Å². The van der Waals surface area contributed by atoms with E-state index in [0.717, 1.165) is 0 Å². The van der Waals surface area contributed by atoms with Crippen LogP contribution in [0.15, 0.2) is 54.6 Å². The SMILES string of the molecule is O=C(c1ccccc1)c1ccc(COC(F)(F)C(=O)[O-])cc1. The summed E-state index contributed by atoms with van der Waals surface area (Å²) in [6.45, 7) is -0.610. The lowest BCUT2D eigenvalue weighted by Crippen LogP contribution is -2.43. The summed E-state index contributed by atoms with van der Waals surface area (Å²) in [5.74, 6) is -2.79. The van der Waals surface area contributed by atoms with Gasteiger partial charge < -0.3 is 14.6 Å². The van der Waals surface area contributed by atoms with Gasteiger partial charge in [0.2, 0.25) is 0 Å². The zero-order valence-corrected chi connectivity index (χ0v) is 11.3. The summed E-state index contributed by atoms with van der Waals surface area (Å²) in [7, 11) is 0. The van der Waals surface area contributed by atoms with Gasteiger partial charge in [0.1, 0.15) is 5.97 Å². The fourth-order valence-electron chi connectivity index (χ4n) is 1.74. The van der Waals surface area contributed by atoms with E-state index in [2.05, 4.69) is 4.74 Å². The van der Waals surface area contributed by atoms with Crippen molar-refractivity contribution >= 4 is 11.8 Å². The van der Waals surface area contributed by atoms with E-state index in [-0.39, 0.29) is 5.78 Å². The van der Waals surface area contributed by atoms with Crippen LogP contribution in [0.3, 0.4) is 0 Å². The summed E-state index contributed by atoms with van der Waals surface area (Å²) in [6, 6.07) is 14.3. The molecule has 0 atom stereocenters. The molecule has 0 aliphatic rings. The Morgan fingerprint density at radius 3 is 2.05 bits per heavy atom. The van der Waals surface area contributed by atoms with Crippen molar-refractivity contribution in [3.63, 3.8) is 0 Å². The lowest BCUT2D eigenvalue weighted by atomic mass is 10.0.